The number of methoxy groups -OCH3 is 2. The molecule has 0 radical (unpaired) electrons. The van der Waals surface area contributed by atoms with Crippen molar-refractivity contribution in [1.82, 2.24) is 0 Å². The van der Waals surface area contributed by atoms with Gasteiger partial charge < -0.3 is 9.47 Å². The lowest BCUT2D eigenvalue weighted by molar-refractivity contribution is -0.232. The highest BCUT2D eigenvalue weighted by Gasteiger charge is 2.70. The van der Waals surface area contributed by atoms with Crippen LogP contribution in [0.15, 0.2) is 0 Å². The van der Waals surface area contributed by atoms with Crippen LogP contribution in [0.1, 0.15) is 113 Å². The molecule has 0 N–H and O–H groups in total. The fourth-order valence-corrected chi connectivity index (χ4v) is 11.3. The molecule has 4 nitrogen and oxygen atoms in total. The molecule has 0 aliphatic heterocycles. The van der Waals surface area contributed by atoms with Crippen LogP contribution in [0.25, 0.3) is 0 Å². The highest BCUT2D eigenvalue weighted by Crippen LogP contribution is 2.76. The van der Waals surface area contributed by atoms with Crippen molar-refractivity contribution in [1.29, 1.82) is 0 Å². The van der Waals surface area contributed by atoms with Crippen molar-refractivity contribution in [3.63, 3.8) is 0 Å². The van der Waals surface area contributed by atoms with Gasteiger partial charge in [0.15, 0.2) is 0 Å². The first-order chi connectivity index (χ1) is 16.6. The van der Waals surface area contributed by atoms with E-state index in [-0.39, 0.29) is 34.1 Å². The van der Waals surface area contributed by atoms with Crippen molar-refractivity contribution in [3.05, 3.63) is 0 Å². The molecule has 4 heteroatoms. The molecule has 4 fully saturated rings. The number of hydrogen-bond acceptors (Lipinski definition) is 4. The van der Waals surface area contributed by atoms with E-state index in [2.05, 4.69) is 41.5 Å². The Bertz CT molecular complexity index is 877. The van der Waals surface area contributed by atoms with Crippen molar-refractivity contribution >= 4 is 11.9 Å². The van der Waals surface area contributed by atoms with E-state index in [4.69, 9.17) is 9.47 Å². The smallest absolute Gasteiger partial charge is 0.311 e. The Morgan fingerprint density at radius 1 is 0.861 bits per heavy atom. The average molecular weight is 503 g/mol. The van der Waals surface area contributed by atoms with Crippen molar-refractivity contribution in [2.75, 3.05) is 14.2 Å². The summed E-state index contributed by atoms with van der Waals surface area (Å²) in [5.41, 5.74) is -0.0561. The predicted octanol–water partition coefficient (Wildman–Crippen LogP) is 7.69. The molecule has 0 spiro atoms. The number of esters is 2. The molecule has 0 amide bonds. The van der Waals surface area contributed by atoms with Gasteiger partial charge in [0.1, 0.15) is 0 Å². The van der Waals surface area contributed by atoms with Crippen LogP contribution in [0.3, 0.4) is 0 Å². The largest absolute Gasteiger partial charge is 0.469 e. The van der Waals surface area contributed by atoms with Gasteiger partial charge in [-0.3, -0.25) is 9.59 Å². The topological polar surface area (TPSA) is 52.6 Å². The molecular formula is C32H54O4. The molecule has 0 bridgehead atoms. The Labute approximate surface area is 221 Å². The summed E-state index contributed by atoms with van der Waals surface area (Å²) in [6, 6.07) is 0. The number of hydrogen-bond donors (Lipinski definition) is 0. The van der Waals surface area contributed by atoms with E-state index in [9.17, 15) is 9.59 Å². The molecule has 0 aromatic carbocycles. The minimum Gasteiger partial charge on any atom is -0.469 e. The van der Waals surface area contributed by atoms with Gasteiger partial charge in [-0.2, -0.15) is 0 Å². The molecule has 206 valence electrons. The van der Waals surface area contributed by atoms with Gasteiger partial charge in [-0.25, -0.2) is 0 Å². The first-order valence-electron chi connectivity index (χ1n) is 14.8. The van der Waals surface area contributed by atoms with Crippen LogP contribution in [0, 0.1) is 62.6 Å². The second-order valence-corrected chi connectivity index (χ2v) is 15.3. The van der Waals surface area contributed by atoms with Gasteiger partial charge in [0.2, 0.25) is 0 Å². The second-order valence-electron chi connectivity index (χ2n) is 15.3. The van der Waals surface area contributed by atoms with Crippen LogP contribution < -0.4 is 0 Å². The van der Waals surface area contributed by atoms with Gasteiger partial charge in [-0.15, -0.1) is 0 Å². The standard InChI is InChI=1S/C32H54O4/c1-20(2)21-13-15-29(5)17-18-31(7)22(26(21)29)11-12-24-30(6,19-25(33)35-9)23(14-16-32(24,31)8)28(3,4)27(34)36-10/h20-24,26H,11-19H2,1-10H3/t21-,22?,23-,24?,26+,29?,30?,31+,32?/m0/s1. The Kier molecular flexibility index (Phi) is 7.00. The van der Waals surface area contributed by atoms with Crippen molar-refractivity contribution < 1.29 is 19.1 Å². The van der Waals surface area contributed by atoms with Crippen molar-refractivity contribution in [2.45, 2.75) is 113 Å². The van der Waals surface area contributed by atoms with Crippen LogP contribution in [0.4, 0.5) is 0 Å². The van der Waals surface area contributed by atoms with E-state index in [1.807, 2.05) is 13.8 Å². The van der Waals surface area contributed by atoms with Crippen LogP contribution >= 0.6 is 0 Å². The normalized spacial score (nSPS) is 46.5. The Hall–Kier alpha value is -1.06. The second kappa shape index (κ2) is 9.01. The van der Waals surface area contributed by atoms with Crippen LogP contribution in [-0.4, -0.2) is 26.2 Å². The summed E-state index contributed by atoms with van der Waals surface area (Å²) in [5.74, 6) is 3.29. The fourth-order valence-electron chi connectivity index (χ4n) is 11.3. The van der Waals surface area contributed by atoms with Crippen LogP contribution in [-0.2, 0) is 19.1 Å². The lowest BCUT2D eigenvalue weighted by Gasteiger charge is -2.71. The van der Waals surface area contributed by atoms with Gasteiger partial charge in [0.25, 0.3) is 0 Å². The highest BCUT2D eigenvalue weighted by atomic mass is 16.5. The average Bonchev–Trinajstić information content (AvgIpc) is 3.16. The van der Waals surface area contributed by atoms with Crippen LogP contribution in [0.2, 0.25) is 0 Å². The molecule has 4 rings (SSSR count). The third-order valence-corrected chi connectivity index (χ3v) is 13.4. The fraction of sp³-hybridized carbons (Fsp3) is 0.938. The number of carbonyl (C=O) groups excluding carboxylic acids is 2. The van der Waals surface area contributed by atoms with E-state index in [1.165, 1.54) is 46.3 Å². The maximum Gasteiger partial charge on any atom is 0.311 e. The maximum absolute atomic E-state index is 13.0. The van der Waals surface area contributed by atoms with E-state index < -0.39 is 5.41 Å². The molecule has 36 heavy (non-hydrogen) atoms. The summed E-state index contributed by atoms with van der Waals surface area (Å²) in [6.45, 7) is 19.1. The number of rotatable bonds is 5. The predicted molar refractivity (Wildman–Crippen MR) is 144 cm³/mol. The molecule has 4 aliphatic carbocycles. The molecule has 5 unspecified atom stereocenters. The Balaban J connectivity index is 1.78. The minimum atomic E-state index is -0.643. The van der Waals surface area contributed by atoms with Gasteiger partial charge in [0, 0.05) is 0 Å². The Morgan fingerprint density at radius 2 is 1.53 bits per heavy atom. The van der Waals surface area contributed by atoms with E-state index in [1.54, 1.807) is 0 Å². The third kappa shape index (κ3) is 3.73. The van der Waals surface area contributed by atoms with Gasteiger partial charge in [-0.05, 0) is 122 Å². The third-order valence-electron chi connectivity index (χ3n) is 13.4. The number of fused-ring (bicyclic) bond motifs is 5. The zero-order valence-corrected chi connectivity index (χ0v) is 25.0. The van der Waals surface area contributed by atoms with Gasteiger partial charge >= 0.3 is 11.9 Å². The molecule has 0 saturated heterocycles. The summed E-state index contributed by atoms with van der Waals surface area (Å²) < 4.78 is 10.6. The monoisotopic (exact) mass is 502 g/mol. The highest BCUT2D eigenvalue weighted by molar-refractivity contribution is 5.77. The zero-order valence-electron chi connectivity index (χ0n) is 25.0. The molecule has 4 saturated carbocycles. The lowest BCUT2D eigenvalue weighted by atomic mass is 9.33. The summed E-state index contributed by atoms with van der Waals surface area (Å²) in [6.07, 6.45) is 10.3. The number of carbonyl (C=O) groups is 2. The quantitative estimate of drug-likeness (QED) is 0.362. The maximum atomic E-state index is 13.0. The first-order valence-corrected chi connectivity index (χ1v) is 14.8. The van der Waals surface area contributed by atoms with Crippen molar-refractivity contribution in [2.24, 2.45) is 62.6 Å². The van der Waals surface area contributed by atoms with E-state index in [0.29, 0.717) is 17.8 Å². The summed E-state index contributed by atoms with van der Waals surface area (Å²) in [7, 11) is 2.99. The van der Waals surface area contributed by atoms with Gasteiger partial charge in [0.05, 0.1) is 26.1 Å². The molecule has 0 aromatic heterocycles. The molecule has 9 atom stereocenters. The molecule has 0 aromatic rings. The molecule has 4 aliphatic rings. The lowest BCUT2D eigenvalue weighted by Crippen LogP contribution is -2.65. The minimum absolute atomic E-state index is 0.0820. The van der Waals surface area contributed by atoms with Crippen molar-refractivity contribution in [3.8, 4) is 0 Å². The zero-order chi connectivity index (χ0) is 26.9. The molecule has 0 heterocycles. The van der Waals surface area contributed by atoms with Gasteiger partial charge in [-0.1, -0.05) is 41.5 Å². The summed E-state index contributed by atoms with van der Waals surface area (Å²) in [4.78, 5) is 25.9. The number of ether oxygens (including phenoxy) is 2. The van der Waals surface area contributed by atoms with Crippen LogP contribution in [0.5, 0.6) is 0 Å². The SMILES string of the molecule is COC(=O)CC1(C)C2CCC3[C@H]4[C@H](C(C)C)CCC4(C)CC[C@@]3(C)C2(C)CC[C@H]1C(C)(C)C(=O)OC. The molecular weight excluding hydrogens is 448 g/mol. The Morgan fingerprint density at radius 3 is 2.11 bits per heavy atom. The summed E-state index contributed by atoms with van der Waals surface area (Å²) in [5, 5.41) is 0. The summed E-state index contributed by atoms with van der Waals surface area (Å²) >= 11 is 0. The van der Waals surface area contributed by atoms with E-state index >= 15 is 0 Å². The first kappa shape index (κ1) is 28.0. The van der Waals surface area contributed by atoms with E-state index in [0.717, 1.165) is 42.9 Å².